The zero-order valence-electron chi connectivity index (χ0n) is 10.6. The van der Waals surface area contributed by atoms with Crippen molar-refractivity contribution in [1.82, 2.24) is 5.48 Å². The summed E-state index contributed by atoms with van der Waals surface area (Å²) in [5, 5.41) is 2.17. The number of rotatable bonds is 4. The molecule has 2 aromatic carbocycles. The summed E-state index contributed by atoms with van der Waals surface area (Å²) in [6.45, 7) is 4.57. The molecule has 0 saturated heterocycles. The van der Waals surface area contributed by atoms with Gasteiger partial charge < -0.3 is 0 Å². The van der Waals surface area contributed by atoms with Gasteiger partial charge in [0.2, 0.25) is 0 Å². The minimum absolute atomic E-state index is 0.207. The fourth-order valence-corrected chi connectivity index (χ4v) is 1.66. The summed E-state index contributed by atoms with van der Waals surface area (Å²) >= 11 is 0. The molecule has 0 unspecified atom stereocenters. The highest BCUT2D eigenvalue weighted by atomic mass is 16.6. The Labute approximate surface area is 107 Å². The molecule has 0 fully saturated rings. The zero-order chi connectivity index (χ0) is 13.0. The van der Waals surface area contributed by atoms with E-state index >= 15 is 0 Å². The summed E-state index contributed by atoms with van der Waals surface area (Å²) < 4.78 is 0. The summed E-state index contributed by atoms with van der Waals surface area (Å²) in [5.74, 6) is 0.184. The van der Waals surface area contributed by atoms with Crippen LogP contribution in [0.25, 0.3) is 10.8 Å². The van der Waals surface area contributed by atoms with E-state index in [4.69, 9.17) is 4.84 Å². The summed E-state index contributed by atoms with van der Waals surface area (Å²) in [5.41, 5.74) is 3.06. The molecule has 1 N–H and O–H groups in total. The Hall–Kier alpha value is -1.87. The van der Waals surface area contributed by atoms with Crippen LogP contribution in [-0.2, 0) is 4.84 Å². The predicted octanol–water partition coefficient (Wildman–Crippen LogP) is 3.16. The molecule has 0 aliphatic carbocycles. The van der Waals surface area contributed by atoms with Crippen molar-refractivity contribution in [2.75, 3.05) is 6.61 Å². The number of carbonyl (C=O) groups excluding carboxylic acids is 1. The summed E-state index contributed by atoms with van der Waals surface area (Å²) in [7, 11) is 0. The molecule has 0 radical (unpaired) electrons. The molecular weight excluding hydrogens is 226 g/mol. The zero-order valence-corrected chi connectivity index (χ0v) is 10.6. The maximum Gasteiger partial charge on any atom is 0.274 e. The van der Waals surface area contributed by atoms with Crippen LogP contribution in [0.3, 0.4) is 0 Å². The van der Waals surface area contributed by atoms with Crippen LogP contribution >= 0.6 is 0 Å². The maximum absolute atomic E-state index is 11.8. The second kappa shape index (κ2) is 5.65. The highest BCUT2D eigenvalue weighted by Gasteiger charge is 2.06. The van der Waals surface area contributed by atoms with Crippen molar-refractivity contribution in [3.05, 3.63) is 48.0 Å². The van der Waals surface area contributed by atoms with E-state index < -0.39 is 0 Å². The van der Waals surface area contributed by atoms with E-state index in [2.05, 4.69) is 5.48 Å². The Morgan fingerprint density at radius 2 is 1.89 bits per heavy atom. The summed E-state index contributed by atoms with van der Waals surface area (Å²) in [4.78, 5) is 17.0. The van der Waals surface area contributed by atoms with Crippen LogP contribution < -0.4 is 5.48 Å². The van der Waals surface area contributed by atoms with Crippen molar-refractivity contribution in [2.45, 2.75) is 13.8 Å². The first kappa shape index (κ1) is 12.6. The molecule has 0 aliphatic heterocycles. The molecule has 94 valence electrons. The third-order valence-corrected chi connectivity index (χ3v) is 2.59. The normalized spacial score (nSPS) is 10.8. The van der Waals surface area contributed by atoms with Gasteiger partial charge in [-0.05, 0) is 28.8 Å². The Kier molecular flexibility index (Phi) is 3.95. The van der Waals surface area contributed by atoms with Crippen molar-refractivity contribution in [3.8, 4) is 0 Å². The van der Waals surface area contributed by atoms with Crippen LogP contribution in [-0.4, -0.2) is 12.5 Å². The molecular formula is C15H17NO2. The second-order valence-corrected chi connectivity index (χ2v) is 4.70. The van der Waals surface area contributed by atoms with Crippen molar-refractivity contribution in [3.63, 3.8) is 0 Å². The molecule has 0 aliphatic rings. The Balaban J connectivity index is 2.08. The molecule has 0 atom stereocenters. The van der Waals surface area contributed by atoms with Gasteiger partial charge in [-0.25, -0.2) is 5.48 Å². The number of nitrogens with one attached hydrogen (secondary N) is 1. The topological polar surface area (TPSA) is 38.3 Å². The molecule has 2 aromatic rings. The lowest BCUT2D eigenvalue weighted by Gasteiger charge is -2.08. The van der Waals surface area contributed by atoms with Gasteiger partial charge in [0.1, 0.15) is 0 Å². The number of fused-ring (bicyclic) bond motifs is 1. The summed E-state index contributed by atoms with van der Waals surface area (Å²) in [6, 6.07) is 13.5. The monoisotopic (exact) mass is 243 g/mol. The Bertz CT molecular complexity index is 549. The van der Waals surface area contributed by atoms with Crippen LogP contribution in [0.1, 0.15) is 24.2 Å². The van der Waals surface area contributed by atoms with E-state index in [0.717, 1.165) is 10.8 Å². The minimum Gasteiger partial charge on any atom is -0.273 e. The van der Waals surface area contributed by atoms with Gasteiger partial charge in [-0.1, -0.05) is 44.2 Å². The molecule has 1 amide bonds. The average Bonchev–Trinajstić information content (AvgIpc) is 2.37. The highest BCUT2D eigenvalue weighted by molar-refractivity contribution is 5.98. The Morgan fingerprint density at radius 3 is 2.61 bits per heavy atom. The molecule has 3 nitrogen and oxygen atoms in total. The van der Waals surface area contributed by atoms with Crippen molar-refractivity contribution < 1.29 is 9.63 Å². The van der Waals surface area contributed by atoms with Gasteiger partial charge in [0, 0.05) is 5.56 Å². The van der Waals surface area contributed by atoms with E-state index in [1.807, 2.05) is 50.2 Å². The second-order valence-electron chi connectivity index (χ2n) is 4.70. The van der Waals surface area contributed by atoms with E-state index in [1.54, 1.807) is 6.07 Å². The van der Waals surface area contributed by atoms with Crippen molar-refractivity contribution in [2.24, 2.45) is 5.92 Å². The van der Waals surface area contributed by atoms with Crippen LogP contribution in [0.5, 0.6) is 0 Å². The lowest BCUT2D eigenvalue weighted by atomic mass is 10.1. The molecule has 0 bridgehead atoms. The average molecular weight is 243 g/mol. The highest BCUT2D eigenvalue weighted by Crippen LogP contribution is 2.15. The van der Waals surface area contributed by atoms with Gasteiger partial charge >= 0.3 is 0 Å². The van der Waals surface area contributed by atoms with Gasteiger partial charge in [-0.2, -0.15) is 0 Å². The smallest absolute Gasteiger partial charge is 0.273 e. The van der Waals surface area contributed by atoms with Crippen LogP contribution in [0.15, 0.2) is 42.5 Å². The quantitative estimate of drug-likeness (QED) is 0.838. The minimum atomic E-state index is -0.207. The fourth-order valence-electron chi connectivity index (χ4n) is 1.66. The molecule has 0 saturated carbocycles. The number of hydrogen-bond acceptors (Lipinski definition) is 2. The first-order valence-corrected chi connectivity index (χ1v) is 6.08. The first-order valence-electron chi connectivity index (χ1n) is 6.08. The van der Waals surface area contributed by atoms with Gasteiger partial charge in [-0.15, -0.1) is 0 Å². The van der Waals surface area contributed by atoms with Gasteiger partial charge in [0.25, 0.3) is 5.91 Å². The van der Waals surface area contributed by atoms with Gasteiger partial charge in [-0.3, -0.25) is 9.63 Å². The van der Waals surface area contributed by atoms with Crippen molar-refractivity contribution in [1.29, 1.82) is 0 Å². The lowest BCUT2D eigenvalue weighted by molar-refractivity contribution is 0.0209. The predicted molar refractivity (Wildman–Crippen MR) is 72.2 cm³/mol. The van der Waals surface area contributed by atoms with Crippen LogP contribution in [0.4, 0.5) is 0 Å². The summed E-state index contributed by atoms with van der Waals surface area (Å²) in [6.07, 6.45) is 0. The third kappa shape index (κ3) is 3.08. The van der Waals surface area contributed by atoms with E-state index in [1.165, 1.54) is 0 Å². The molecule has 3 heteroatoms. The van der Waals surface area contributed by atoms with Crippen LogP contribution in [0.2, 0.25) is 0 Å². The molecule has 2 rings (SSSR count). The fraction of sp³-hybridized carbons (Fsp3) is 0.267. The number of hydroxylamine groups is 1. The van der Waals surface area contributed by atoms with Crippen molar-refractivity contribution >= 4 is 16.7 Å². The molecule has 0 heterocycles. The SMILES string of the molecule is CC(C)CONC(=O)c1ccc2ccccc2c1. The number of benzene rings is 2. The standard InChI is InChI=1S/C15H17NO2/c1-11(2)10-18-16-15(17)14-8-7-12-5-3-4-6-13(12)9-14/h3-9,11H,10H2,1-2H3,(H,16,17). The van der Waals surface area contributed by atoms with E-state index in [-0.39, 0.29) is 5.91 Å². The number of hydrogen-bond donors (Lipinski definition) is 1. The molecule has 0 aromatic heterocycles. The largest absolute Gasteiger partial charge is 0.274 e. The van der Waals surface area contributed by atoms with Gasteiger partial charge in [0.15, 0.2) is 0 Å². The van der Waals surface area contributed by atoms with Gasteiger partial charge in [0.05, 0.1) is 6.61 Å². The lowest BCUT2D eigenvalue weighted by Crippen LogP contribution is -2.25. The number of amides is 1. The van der Waals surface area contributed by atoms with Crippen LogP contribution in [0, 0.1) is 5.92 Å². The molecule has 0 spiro atoms. The maximum atomic E-state index is 11.8. The Morgan fingerprint density at radius 1 is 1.17 bits per heavy atom. The van der Waals surface area contributed by atoms with E-state index in [9.17, 15) is 4.79 Å². The number of carbonyl (C=O) groups is 1. The first-order chi connectivity index (χ1) is 8.66. The van der Waals surface area contributed by atoms with E-state index in [0.29, 0.717) is 18.1 Å². The molecule has 18 heavy (non-hydrogen) atoms. The third-order valence-electron chi connectivity index (χ3n) is 2.59.